The van der Waals surface area contributed by atoms with Crippen LogP contribution in [0.3, 0.4) is 0 Å². The van der Waals surface area contributed by atoms with Crippen molar-refractivity contribution in [1.29, 1.82) is 0 Å². The van der Waals surface area contributed by atoms with Crippen LogP contribution in [0.1, 0.15) is 0 Å². The summed E-state index contributed by atoms with van der Waals surface area (Å²) in [6.45, 7) is 0. The van der Waals surface area contributed by atoms with Crippen LogP contribution in [-0.4, -0.2) is 29.7 Å². The van der Waals surface area contributed by atoms with Gasteiger partial charge in [-0.1, -0.05) is 6.07 Å². The minimum absolute atomic E-state index is 0.157. The van der Waals surface area contributed by atoms with E-state index < -0.39 is 0 Å². The average molecular weight is 370 g/mol. The molecule has 0 amide bonds. The highest BCUT2D eigenvalue weighted by Gasteiger charge is 2.17. The van der Waals surface area contributed by atoms with Crippen molar-refractivity contribution in [3.8, 4) is 22.6 Å². The van der Waals surface area contributed by atoms with Crippen LogP contribution >= 0.6 is 0 Å². The summed E-state index contributed by atoms with van der Waals surface area (Å²) in [5.41, 5.74) is 2.75. The van der Waals surface area contributed by atoms with Crippen LogP contribution in [0.2, 0.25) is 0 Å². The van der Waals surface area contributed by atoms with Gasteiger partial charge in [-0.15, -0.1) is 0 Å². The first-order valence-electron chi connectivity index (χ1n) is 8.61. The average Bonchev–Trinajstić information content (AvgIpc) is 3.13. The molecule has 0 aliphatic heterocycles. The summed E-state index contributed by atoms with van der Waals surface area (Å²) in [4.78, 5) is 39.2. The number of aromatic amines is 2. The van der Waals surface area contributed by atoms with Crippen LogP contribution in [0.15, 0.2) is 64.6 Å². The second-order valence-corrected chi connectivity index (χ2v) is 6.44. The van der Waals surface area contributed by atoms with Gasteiger partial charge in [-0.05, 0) is 29.7 Å². The van der Waals surface area contributed by atoms with Gasteiger partial charge in [0.2, 0.25) is 5.43 Å². The van der Waals surface area contributed by atoms with E-state index in [4.69, 9.17) is 0 Å². The first kappa shape index (κ1) is 16.1. The minimum Gasteiger partial charge on any atom is -0.345 e. The van der Waals surface area contributed by atoms with Crippen LogP contribution < -0.4 is 11.0 Å². The van der Waals surface area contributed by atoms with Crippen LogP contribution in [0.4, 0.5) is 0 Å². The SMILES string of the molecule is Cn1ccc(-c2nc3[nH]ccc(=O)c3nc2-c2ccc3c(=O)[nH]ccc3c2)n1. The molecular formula is C20H14N6O2. The lowest BCUT2D eigenvalue weighted by Gasteiger charge is -2.09. The number of hydrogen-bond donors (Lipinski definition) is 2. The molecule has 0 fully saturated rings. The van der Waals surface area contributed by atoms with E-state index in [9.17, 15) is 9.59 Å². The van der Waals surface area contributed by atoms with Crippen LogP contribution in [0.25, 0.3) is 44.6 Å². The number of nitrogens with zero attached hydrogens (tertiary/aromatic N) is 4. The fourth-order valence-electron chi connectivity index (χ4n) is 3.24. The largest absolute Gasteiger partial charge is 0.345 e. The number of rotatable bonds is 2. The van der Waals surface area contributed by atoms with Crippen molar-refractivity contribution in [3.63, 3.8) is 0 Å². The van der Waals surface area contributed by atoms with Crippen molar-refractivity contribution in [2.24, 2.45) is 7.05 Å². The predicted molar refractivity (Wildman–Crippen MR) is 106 cm³/mol. The molecule has 0 bridgehead atoms. The van der Waals surface area contributed by atoms with E-state index in [-0.39, 0.29) is 16.5 Å². The lowest BCUT2D eigenvalue weighted by Crippen LogP contribution is -2.07. The standard InChI is InChI=1S/C20H14N6O2/c1-26-9-6-14(25-26)17-16(23-18-15(27)5-8-21-19(18)24-17)12-2-3-13-11(10-12)4-7-22-20(13)28/h2-10H,1H3,(H,22,28)(H,21,24,27). The van der Waals surface area contributed by atoms with Gasteiger partial charge in [-0.2, -0.15) is 5.10 Å². The molecule has 5 aromatic rings. The Labute approximate surface area is 157 Å². The molecule has 0 spiro atoms. The Morgan fingerprint density at radius 3 is 2.61 bits per heavy atom. The minimum atomic E-state index is -0.215. The molecule has 2 N–H and O–H groups in total. The van der Waals surface area contributed by atoms with Crippen LogP contribution in [-0.2, 0) is 7.05 Å². The van der Waals surface area contributed by atoms with Gasteiger partial charge in [0, 0.05) is 42.7 Å². The Morgan fingerprint density at radius 2 is 1.79 bits per heavy atom. The quantitative estimate of drug-likeness (QED) is 0.495. The third-order valence-electron chi connectivity index (χ3n) is 4.59. The van der Waals surface area contributed by atoms with Gasteiger partial charge in [0.15, 0.2) is 11.2 Å². The van der Waals surface area contributed by atoms with Crippen molar-refractivity contribution < 1.29 is 0 Å². The molecule has 0 saturated carbocycles. The highest BCUT2D eigenvalue weighted by Crippen LogP contribution is 2.30. The van der Waals surface area contributed by atoms with E-state index in [1.807, 2.05) is 31.4 Å². The molecule has 5 rings (SSSR count). The maximum atomic E-state index is 12.3. The van der Waals surface area contributed by atoms with E-state index >= 15 is 0 Å². The van der Waals surface area contributed by atoms with E-state index in [0.717, 1.165) is 10.9 Å². The van der Waals surface area contributed by atoms with Crippen molar-refractivity contribution in [2.45, 2.75) is 0 Å². The van der Waals surface area contributed by atoms with Crippen LogP contribution in [0.5, 0.6) is 0 Å². The lowest BCUT2D eigenvalue weighted by atomic mass is 10.0. The molecule has 4 heterocycles. The first-order chi connectivity index (χ1) is 13.6. The maximum absolute atomic E-state index is 12.3. The predicted octanol–water partition coefficient (Wildman–Crippen LogP) is 2.23. The monoisotopic (exact) mass is 370 g/mol. The zero-order chi connectivity index (χ0) is 19.3. The van der Waals surface area contributed by atoms with Crippen molar-refractivity contribution in [3.05, 3.63) is 75.6 Å². The number of pyridine rings is 2. The fourth-order valence-corrected chi connectivity index (χ4v) is 3.24. The van der Waals surface area contributed by atoms with Crippen molar-refractivity contribution >= 4 is 21.9 Å². The zero-order valence-corrected chi connectivity index (χ0v) is 14.8. The smallest absolute Gasteiger partial charge is 0.255 e. The summed E-state index contributed by atoms with van der Waals surface area (Å²) < 4.78 is 1.68. The van der Waals surface area contributed by atoms with Gasteiger partial charge < -0.3 is 9.97 Å². The molecule has 0 aliphatic rings. The molecule has 0 unspecified atom stereocenters. The van der Waals surface area contributed by atoms with Gasteiger partial charge in [-0.25, -0.2) is 9.97 Å². The number of H-pyrrole nitrogens is 2. The van der Waals surface area contributed by atoms with Crippen LogP contribution in [0, 0.1) is 0 Å². The molecule has 8 heteroatoms. The van der Waals surface area contributed by atoms with E-state index in [1.165, 1.54) is 6.07 Å². The Balaban J connectivity index is 1.85. The van der Waals surface area contributed by atoms with Gasteiger partial charge in [0.25, 0.3) is 5.56 Å². The normalized spacial score (nSPS) is 11.3. The van der Waals surface area contributed by atoms with Gasteiger partial charge in [0.1, 0.15) is 11.4 Å². The van der Waals surface area contributed by atoms with Gasteiger partial charge >= 0.3 is 0 Å². The summed E-state index contributed by atoms with van der Waals surface area (Å²) in [5.74, 6) is 0. The highest BCUT2D eigenvalue weighted by atomic mass is 16.1. The molecule has 0 radical (unpaired) electrons. The Kier molecular flexibility index (Phi) is 3.45. The number of benzene rings is 1. The van der Waals surface area contributed by atoms with E-state index in [0.29, 0.717) is 28.1 Å². The number of aromatic nitrogens is 6. The Hall–Kier alpha value is -4.07. The molecule has 136 valence electrons. The number of hydrogen-bond acceptors (Lipinski definition) is 5. The van der Waals surface area contributed by atoms with E-state index in [1.54, 1.807) is 29.2 Å². The molecule has 0 saturated heterocycles. The molecule has 0 atom stereocenters. The summed E-state index contributed by atoms with van der Waals surface area (Å²) in [5, 5.41) is 5.80. The zero-order valence-electron chi connectivity index (χ0n) is 14.8. The molecule has 8 nitrogen and oxygen atoms in total. The third kappa shape index (κ3) is 2.50. The highest BCUT2D eigenvalue weighted by molar-refractivity contribution is 5.90. The lowest BCUT2D eigenvalue weighted by molar-refractivity contribution is 0.770. The molecule has 4 aromatic heterocycles. The summed E-state index contributed by atoms with van der Waals surface area (Å²) >= 11 is 0. The molecule has 28 heavy (non-hydrogen) atoms. The number of nitrogens with one attached hydrogen (secondary N) is 2. The molecule has 1 aromatic carbocycles. The van der Waals surface area contributed by atoms with Gasteiger partial charge in [-0.3, -0.25) is 14.3 Å². The Morgan fingerprint density at radius 1 is 0.929 bits per heavy atom. The fraction of sp³-hybridized carbons (Fsp3) is 0.0500. The third-order valence-corrected chi connectivity index (χ3v) is 4.59. The maximum Gasteiger partial charge on any atom is 0.255 e. The van der Waals surface area contributed by atoms with Gasteiger partial charge in [0.05, 0.1) is 5.69 Å². The topological polar surface area (TPSA) is 109 Å². The Bertz CT molecular complexity index is 1480. The summed E-state index contributed by atoms with van der Waals surface area (Å²) in [7, 11) is 1.82. The number of fused-ring (bicyclic) bond motifs is 2. The summed E-state index contributed by atoms with van der Waals surface area (Å²) in [6, 6.07) is 10.5. The number of aryl methyl sites for hydroxylation is 1. The van der Waals surface area contributed by atoms with Crippen molar-refractivity contribution in [2.75, 3.05) is 0 Å². The first-order valence-corrected chi connectivity index (χ1v) is 8.61. The second kappa shape index (κ2) is 5.98. The molecule has 0 aliphatic carbocycles. The molecular weight excluding hydrogens is 356 g/mol. The summed E-state index contributed by atoms with van der Waals surface area (Å²) in [6.07, 6.45) is 4.97. The van der Waals surface area contributed by atoms with Crippen molar-refractivity contribution in [1.82, 2.24) is 29.7 Å². The second-order valence-electron chi connectivity index (χ2n) is 6.44. The van der Waals surface area contributed by atoms with E-state index in [2.05, 4.69) is 25.0 Å².